The van der Waals surface area contributed by atoms with Crippen LogP contribution in [0.3, 0.4) is 0 Å². The lowest BCUT2D eigenvalue weighted by Gasteiger charge is -2.18. The molecule has 0 aliphatic rings. The van der Waals surface area contributed by atoms with Crippen molar-refractivity contribution in [3.05, 3.63) is 152 Å². The number of rotatable bonds is 5. The molecule has 43 heavy (non-hydrogen) atoms. The summed E-state index contributed by atoms with van der Waals surface area (Å²) in [6, 6.07) is 48.0. The molecule has 0 N–H and O–H groups in total. The molecule has 204 valence electrons. The molecule has 0 fully saturated rings. The van der Waals surface area contributed by atoms with Crippen LogP contribution in [0, 0.1) is 0 Å². The van der Waals surface area contributed by atoms with E-state index in [0.717, 1.165) is 29.0 Å². The van der Waals surface area contributed by atoms with Crippen LogP contribution in [0.1, 0.15) is 12.7 Å². The normalized spacial score (nSPS) is 11.5. The molecule has 6 aromatic carbocycles. The van der Waals surface area contributed by atoms with E-state index in [-0.39, 0.29) is 0 Å². The first kappa shape index (κ1) is 25.2. The fourth-order valence-electron chi connectivity index (χ4n) is 6.53. The number of hydrogen-bond acceptors (Lipinski definition) is 2. The van der Waals surface area contributed by atoms with E-state index in [2.05, 4.69) is 150 Å². The van der Waals surface area contributed by atoms with E-state index < -0.39 is 0 Å². The molecule has 8 aromatic rings. The van der Waals surface area contributed by atoms with E-state index in [9.17, 15) is 0 Å². The second-order valence-corrected chi connectivity index (χ2v) is 10.9. The zero-order chi connectivity index (χ0) is 28.8. The van der Waals surface area contributed by atoms with E-state index in [1.807, 2.05) is 12.4 Å². The van der Waals surface area contributed by atoms with Crippen molar-refractivity contribution >= 4 is 32.6 Å². The van der Waals surface area contributed by atoms with Crippen LogP contribution in [0.4, 0.5) is 0 Å². The van der Waals surface area contributed by atoms with Crippen molar-refractivity contribution in [3.8, 4) is 39.1 Å². The summed E-state index contributed by atoms with van der Waals surface area (Å²) in [5.74, 6) is 1.07. The number of imidazole rings is 1. The quantitative estimate of drug-likeness (QED) is 0.199. The summed E-state index contributed by atoms with van der Waals surface area (Å²) in [6.45, 7) is 2.17. The van der Waals surface area contributed by atoms with Crippen LogP contribution in [-0.4, -0.2) is 14.5 Å². The van der Waals surface area contributed by atoms with Crippen molar-refractivity contribution in [1.29, 1.82) is 0 Å². The molecular weight excluding hydrogens is 522 g/mol. The summed E-state index contributed by atoms with van der Waals surface area (Å²) in [6.07, 6.45) is 4.55. The van der Waals surface area contributed by atoms with Gasteiger partial charge in [0.2, 0.25) is 0 Å². The number of benzene rings is 6. The van der Waals surface area contributed by atoms with Gasteiger partial charge in [0.15, 0.2) is 0 Å². The summed E-state index contributed by atoms with van der Waals surface area (Å²) < 4.78 is 2.31. The molecule has 2 heterocycles. The van der Waals surface area contributed by atoms with Crippen LogP contribution < -0.4 is 0 Å². The molecule has 0 amide bonds. The Kier molecular flexibility index (Phi) is 6.08. The predicted molar refractivity (Wildman–Crippen MR) is 180 cm³/mol. The van der Waals surface area contributed by atoms with Crippen molar-refractivity contribution in [2.24, 2.45) is 0 Å². The third-order valence-electron chi connectivity index (χ3n) is 8.46. The molecular formula is C40H29N3. The molecule has 0 atom stereocenters. The van der Waals surface area contributed by atoms with Crippen LogP contribution >= 0.6 is 0 Å². The van der Waals surface area contributed by atoms with E-state index in [1.165, 1.54) is 54.9 Å². The smallest absolute Gasteiger partial charge is 0.114 e. The molecule has 0 aliphatic heterocycles. The maximum absolute atomic E-state index is 4.94. The highest BCUT2D eigenvalue weighted by Crippen LogP contribution is 2.44. The zero-order valence-corrected chi connectivity index (χ0v) is 23.9. The highest BCUT2D eigenvalue weighted by atomic mass is 15.1. The number of fused-ring (bicyclic) bond motifs is 3. The summed E-state index contributed by atoms with van der Waals surface area (Å²) >= 11 is 0. The molecule has 0 radical (unpaired) electrons. The lowest BCUT2D eigenvalue weighted by Crippen LogP contribution is -2.00. The molecule has 3 nitrogen and oxygen atoms in total. The van der Waals surface area contributed by atoms with Gasteiger partial charge in [-0.05, 0) is 91.3 Å². The fraction of sp³-hybridized carbons (Fsp3) is 0.0500. The Balaban J connectivity index is 1.35. The first-order chi connectivity index (χ1) is 21.3. The van der Waals surface area contributed by atoms with Crippen LogP contribution in [0.2, 0.25) is 0 Å². The Hall–Kier alpha value is -5.54. The first-order valence-electron chi connectivity index (χ1n) is 14.8. The van der Waals surface area contributed by atoms with E-state index in [1.54, 1.807) is 0 Å². The molecule has 3 heteroatoms. The maximum atomic E-state index is 4.94. The molecule has 0 saturated heterocycles. The van der Waals surface area contributed by atoms with Crippen molar-refractivity contribution in [2.75, 3.05) is 0 Å². The molecule has 0 bridgehead atoms. The molecule has 0 saturated carbocycles. The number of para-hydroxylation sites is 2. The van der Waals surface area contributed by atoms with Gasteiger partial charge in [-0.15, -0.1) is 0 Å². The van der Waals surface area contributed by atoms with Gasteiger partial charge >= 0.3 is 0 Å². The minimum absolute atomic E-state index is 0.861. The highest BCUT2D eigenvalue weighted by molar-refractivity contribution is 6.21. The molecule has 0 unspecified atom stereocenters. The Labute approximate surface area is 250 Å². The molecule has 0 spiro atoms. The Morgan fingerprint density at radius 1 is 0.512 bits per heavy atom. The van der Waals surface area contributed by atoms with E-state index in [4.69, 9.17) is 4.98 Å². The van der Waals surface area contributed by atoms with Gasteiger partial charge in [0.25, 0.3) is 0 Å². The van der Waals surface area contributed by atoms with Gasteiger partial charge in [0.05, 0.1) is 11.0 Å². The zero-order valence-electron chi connectivity index (χ0n) is 23.9. The monoisotopic (exact) mass is 551 g/mol. The van der Waals surface area contributed by atoms with Gasteiger partial charge in [0, 0.05) is 24.5 Å². The van der Waals surface area contributed by atoms with Crippen molar-refractivity contribution in [1.82, 2.24) is 14.5 Å². The maximum Gasteiger partial charge on any atom is 0.114 e. The number of aryl methyl sites for hydroxylation is 1. The first-order valence-corrected chi connectivity index (χ1v) is 14.8. The lowest BCUT2D eigenvalue weighted by molar-refractivity contribution is 0.908. The second-order valence-electron chi connectivity index (χ2n) is 10.9. The number of nitrogens with zero attached hydrogens (tertiary/aromatic N) is 3. The number of pyridine rings is 1. The minimum Gasteiger partial charge on any atom is -0.296 e. The Morgan fingerprint density at radius 3 is 1.72 bits per heavy atom. The summed E-state index contributed by atoms with van der Waals surface area (Å²) in [7, 11) is 0. The largest absolute Gasteiger partial charge is 0.296 e. The average molecular weight is 552 g/mol. The van der Waals surface area contributed by atoms with Gasteiger partial charge in [-0.2, -0.15) is 0 Å². The van der Waals surface area contributed by atoms with Gasteiger partial charge < -0.3 is 0 Å². The predicted octanol–water partition coefficient (Wildman–Crippen LogP) is 10.3. The number of hydrogen-bond donors (Lipinski definition) is 0. The lowest BCUT2D eigenvalue weighted by atomic mass is 9.85. The summed E-state index contributed by atoms with van der Waals surface area (Å²) in [5, 5.41) is 5.00. The standard InChI is InChI=1S/C40H29N3/c1-2-38-42-36-16-7-8-17-37(36)43(38)31-11-9-10-30(26-31)40-34-14-5-3-12-32(34)39(33-13-4-6-15-35(33)40)29-20-18-27(19-21-29)28-22-24-41-25-23-28/h3-26H,2H2,1H3. The third kappa shape index (κ3) is 4.21. The SMILES string of the molecule is CCc1nc2ccccc2n1-c1cccc(-c2c3ccccc3c(-c3ccc(-c4ccncc4)cc3)c3ccccc23)c1. The van der Waals surface area contributed by atoms with Crippen LogP contribution in [0.5, 0.6) is 0 Å². The second kappa shape index (κ2) is 10.4. The van der Waals surface area contributed by atoms with Gasteiger partial charge in [-0.3, -0.25) is 9.55 Å². The summed E-state index contributed by atoms with van der Waals surface area (Å²) in [5.41, 5.74) is 10.6. The van der Waals surface area contributed by atoms with E-state index >= 15 is 0 Å². The number of aromatic nitrogens is 3. The molecule has 0 aliphatic carbocycles. The van der Waals surface area contributed by atoms with Crippen LogP contribution in [-0.2, 0) is 6.42 Å². The average Bonchev–Trinajstić information content (AvgIpc) is 3.46. The van der Waals surface area contributed by atoms with Gasteiger partial charge in [-0.25, -0.2) is 4.98 Å². The molecule has 2 aromatic heterocycles. The van der Waals surface area contributed by atoms with Gasteiger partial charge in [0.1, 0.15) is 5.82 Å². The third-order valence-corrected chi connectivity index (χ3v) is 8.46. The summed E-state index contributed by atoms with van der Waals surface area (Å²) in [4.78, 5) is 9.12. The van der Waals surface area contributed by atoms with Crippen LogP contribution in [0.15, 0.2) is 146 Å². The van der Waals surface area contributed by atoms with Crippen molar-refractivity contribution in [3.63, 3.8) is 0 Å². The fourth-order valence-corrected chi connectivity index (χ4v) is 6.53. The van der Waals surface area contributed by atoms with Gasteiger partial charge in [-0.1, -0.05) is 104 Å². The van der Waals surface area contributed by atoms with Crippen LogP contribution in [0.25, 0.3) is 71.6 Å². The minimum atomic E-state index is 0.861. The topological polar surface area (TPSA) is 30.7 Å². The van der Waals surface area contributed by atoms with Crippen molar-refractivity contribution < 1.29 is 0 Å². The van der Waals surface area contributed by atoms with Crippen molar-refractivity contribution in [2.45, 2.75) is 13.3 Å². The van der Waals surface area contributed by atoms with E-state index in [0.29, 0.717) is 0 Å². The Bertz CT molecular complexity index is 2200. The highest BCUT2D eigenvalue weighted by Gasteiger charge is 2.18. The molecule has 8 rings (SSSR count). The Morgan fingerprint density at radius 2 is 1.07 bits per heavy atom.